The predicted octanol–water partition coefficient (Wildman–Crippen LogP) is 6.41. The third kappa shape index (κ3) is 7.31. The lowest BCUT2D eigenvalue weighted by molar-refractivity contribution is -0.120. The Bertz CT molecular complexity index is 1880. The van der Waals surface area contributed by atoms with Crippen LogP contribution in [-0.2, 0) is 22.6 Å². The molecule has 4 aromatic rings. The van der Waals surface area contributed by atoms with Crippen LogP contribution in [0.4, 0.5) is 0 Å². The molecular weight excluding hydrogens is 659 g/mol. The Kier molecular flexibility index (Phi) is 10.1. The molecule has 2 saturated heterocycles. The molecule has 0 unspecified atom stereocenters. The molecule has 4 N–H and O–H groups in total. The highest BCUT2D eigenvalue weighted by Gasteiger charge is 2.26. The van der Waals surface area contributed by atoms with Crippen LogP contribution in [0, 0.1) is 0 Å². The first-order valence-corrected chi connectivity index (χ1v) is 17.8. The van der Waals surface area contributed by atoms with Gasteiger partial charge < -0.3 is 26.0 Å². The molecule has 2 amide bonds. The van der Waals surface area contributed by atoms with Crippen molar-refractivity contribution < 1.29 is 14.3 Å². The topological polar surface area (TPSA) is 117 Å². The van der Waals surface area contributed by atoms with Crippen LogP contribution in [0.25, 0.3) is 33.6 Å². The van der Waals surface area contributed by atoms with Gasteiger partial charge in [-0.05, 0) is 61.4 Å². The van der Waals surface area contributed by atoms with E-state index < -0.39 is 0 Å². The summed E-state index contributed by atoms with van der Waals surface area (Å²) in [6, 6.07) is 18.8. The average molecular weight is 700 g/mol. The minimum atomic E-state index is 0.105. The first-order valence-electron chi connectivity index (χ1n) is 17.0. The molecule has 3 atom stereocenters. The number of carbonyl (C=O) groups excluding carboxylic acids is 2. The number of ether oxygens (including phenoxy) is 1. The molecule has 0 bridgehead atoms. The number of amides is 2. The third-order valence-corrected chi connectivity index (χ3v) is 10.6. The van der Waals surface area contributed by atoms with E-state index in [4.69, 9.17) is 37.9 Å². The summed E-state index contributed by atoms with van der Waals surface area (Å²) in [5.74, 6) is 0.762. The molecule has 7 rings (SSSR count). The molecule has 49 heavy (non-hydrogen) atoms. The van der Waals surface area contributed by atoms with Crippen LogP contribution in [0.3, 0.4) is 0 Å². The monoisotopic (exact) mass is 698 g/mol. The molecule has 254 valence electrons. The quantitative estimate of drug-likeness (QED) is 0.143. The van der Waals surface area contributed by atoms with Crippen LogP contribution in [-0.4, -0.2) is 54.1 Å². The molecule has 1 aliphatic carbocycles. The highest BCUT2D eigenvalue weighted by molar-refractivity contribution is 6.39. The van der Waals surface area contributed by atoms with E-state index in [0.29, 0.717) is 53.2 Å². The Morgan fingerprint density at radius 1 is 0.857 bits per heavy atom. The van der Waals surface area contributed by atoms with Gasteiger partial charge in [0.05, 0.1) is 28.5 Å². The summed E-state index contributed by atoms with van der Waals surface area (Å²) < 4.78 is 5.66. The molecule has 11 heteroatoms. The highest BCUT2D eigenvalue weighted by Crippen LogP contribution is 2.42. The van der Waals surface area contributed by atoms with Gasteiger partial charge in [-0.25, -0.2) is 4.98 Å². The Balaban J connectivity index is 1.10. The second-order valence-electron chi connectivity index (χ2n) is 13.1. The van der Waals surface area contributed by atoms with E-state index >= 15 is 0 Å². The average Bonchev–Trinajstić information content (AvgIpc) is 3.74. The second kappa shape index (κ2) is 14.8. The molecule has 4 heterocycles. The second-order valence-corrected chi connectivity index (χ2v) is 13.8. The van der Waals surface area contributed by atoms with Gasteiger partial charge in [-0.3, -0.25) is 14.6 Å². The van der Waals surface area contributed by atoms with E-state index in [0.717, 1.165) is 66.5 Å². The van der Waals surface area contributed by atoms with Crippen molar-refractivity contribution in [2.24, 2.45) is 0 Å². The Morgan fingerprint density at radius 2 is 1.61 bits per heavy atom. The van der Waals surface area contributed by atoms with Gasteiger partial charge in [0.15, 0.2) is 0 Å². The van der Waals surface area contributed by atoms with Crippen molar-refractivity contribution in [3.63, 3.8) is 0 Å². The standard InChI is InChI=1S/C38H40Cl2N6O3/c1-49-38-24(19-41-20-25-10-14-33(47)44-25)9-13-32(46-38)30-6-3-5-28(35(30)39)29-16-17-42-37(36(29)40)23-8-12-27-22(18-23)4-2-7-31(27)43-21-26-11-15-34(48)45-26/h3,5-6,8-9,12-13,16-18,25-26,31,41,43H,2,4,7,10-11,14-15,19-21H2,1H3,(H,44,47)(H,45,48)/t25-,26+,31-/m0/s1. The predicted molar refractivity (Wildman–Crippen MR) is 193 cm³/mol. The van der Waals surface area contributed by atoms with Gasteiger partial charge in [-0.1, -0.05) is 59.6 Å². The summed E-state index contributed by atoms with van der Waals surface area (Å²) in [5.41, 5.74) is 8.23. The lowest BCUT2D eigenvalue weighted by atomic mass is 9.86. The fraction of sp³-hybridized carbons (Fsp3) is 0.368. The van der Waals surface area contributed by atoms with Crippen LogP contribution in [0.5, 0.6) is 5.88 Å². The number of nitrogens with one attached hydrogen (secondary N) is 4. The number of rotatable bonds is 11. The summed E-state index contributed by atoms with van der Waals surface area (Å²) >= 11 is 14.2. The minimum Gasteiger partial charge on any atom is -0.481 e. The zero-order valence-electron chi connectivity index (χ0n) is 27.5. The Hall–Kier alpha value is -4.02. The van der Waals surface area contributed by atoms with Crippen LogP contribution in [0.2, 0.25) is 10.0 Å². The number of hydrogen-bond acceptors (Lipinski definition) is 7. The van der Waals surface area contributed by atoms with Crippen LogP contribution in [0.15, 0.2) is 60.8 Å². The van der Waals surface area contributed by atoms with Crippen LogP contribution in [0.1, 0.15) is 61.3 Å². The molecule has 0 saturated carbocycles. The largest absolute Gasteiger partial charge is 0.481 e. The minimum absolute atomic E-state index is 0.105. The van der Waals surface area contributed by atoms with Crippen LogP contribution >= 0.6 is 23.2 Å². The number of halogens is 2. The number of carbonyl (C=O) groups is 2. The molecular formula is C38H40Cl2N6O3. The molecule has 2 aromatic carbocycles. The maximum absolute atomic E-state index is 11.6. The van der Waals surface area contributed by atoms with Crippen LogP contribution < -0.4 is 26.0 Å². The maximum atomic E-state index is 11.6. The fourth-order valence-corrected chi connectivity index (χ4v) is 7.87. The van der Waals surface area contributed by atoms with Gasteiger partial charge in [0, 0.05) is 84.6 Å². The van der Waals surface area contributed by atoms with Crippen molar-refractivity contribution in [3.05, 3.63) is 87.5 Å². The first-order chi connectivity index (χ1) is 23.9. The van der Waals surface area contributed by atoms with E-state index in [2.05, 4.69) is 39.5 Å². The Labute approximate surface area is 296 Å². The molecule has 2 fully saturated rings. The number of nitrogens with zero attached hydrogens (tertiary/aromatic N) is 2. The number of aryl methyl sites for hydroxylation is 1. The molecule has 3 aliphatic rings. The summed E-state index contributed by atoms with van der Waals surface area (Å²) in [6.45, 7) is 2.02. The molecule has 2 aromatic heterocycles. The number of pyridine rings is 2. The van der Waals surface area contributed by atoms with Crippen molar-refractivity contribution >= 4 is 35.0 Å². The number of benzene rings is 2. The summed E-state index contributed by atoms with van der Waals surface area (Å²) in [4.78, 5) is 32.7. The van der Waals surface area contributed by atoms with Crippen molar-refractivity contribution in [2.75, 3.05) is 20.2 Å². The van der Waals surface area contributed by atoms with E-state index in [-0.39, 0.29) is 29.9 Å². The zero-order valence-corrected chi connectivity index (χ0v) is 29.0. The number of methoxy groups -OCH3 is 1. The number of hydrogen-bond donors (Lipinski definition) is 4. The van der Waals surface area contributed by atoms with Gasteiger partial charge in [-0.2, -0.15) is 0 Å². The molecule has 2 aliphatic heterocycles. The van der Waals surface area contributed by atoms with Gasteiger partial charge in [-0.15, -0.1) is 0 Å². The summed E-state index contributed by atoms with van der Waals surface area (Å²) in [5, 5.41) is 14.2. The number of fused-ring (bicyclic) bond motifs is 1. The Morgan fingerprint density at radius 3 is 2.37 bits per heavy atom. The first kappa shape index (κ1) is 33.5. The van der Waals surface area contributed by atoms with Crippen molar-refractivity contribution in [1.82, 2.24) is 31.2 Å². The third-order valence-electron chi connectivity index (χ3n) is 9.80. The van der Waals surface area contributed by atoms with Gasteiger partial charge in [0.25, 0.3) is 0 Å². The van der Waals surface area contributed by atoms with Crippen molar-refractivity contribution in [3.8, 4) is 39.5 Å². The van der Waals surface area contributed by atoms with Crippen molar-refractivity contribution in [2.45, 2.75) is 69.6 Å². The molecule has 9 nitrogen and oxygen atoms in total. The smallest absolute Gasteiger partial charge is 0.220 e. The SMILES string of the molecule is COc1nc(-c2cccc(-c3ccnc(-c4ccc5c(c4)CCC[C@@H]5NC[C@H]4CCC(=O)N4)c3Cl)c2Cl)ccc1CNC[C@@H]1CCC(=O)N1. The van der Waals surface area contributed by atoms with E-state index in [1.807, 2.05) is 36.4 Å². The van der Waals surface area contributed by atoms with Crippen molar-refractivity contribution in [1.29, 1.82) is 0 Å². The molecule has 0 radical (unpaired) electrons. The van der Waals surface area contributed by atoms with E-state index in [1.54, 1.807) is 13.3 Å². The normalized spacial score (nSPS) is 20.2. The van der Waals surface area contributed by atoms with E-state index in [1.165, 1.54) is 11.1 Å². The summed E-state index contributed by atoms with van der Waals surface area (Å²) in [6.07, 6.45) is 7.85. The van der Waals surface area contributed by atoms with E-state index in [9.17, 15) is 9.59 Å². The van der Waals surface area contributed by atoms with Gasteiger partial charge >= 0.3 is 0 Å². The zero-order chi connectivity index (χ0) is 33.9. The van der Waals surface area contributed by atoms with Gasteiger partial charge in [0.1, 0.15) is 0 Å². The highest BCUT2D eigenvalue weighted by atomic mass is 35.5. The molecule has 0 spiro atoms. The number of aromatic nitrogens is 2. The van der Waals surface area contributed by atoms with Gasteiger partial charge in [0.2, 0.25) is 17.7 Å². The summed E-state index contributed by atoms with van der Waals surface area (Å²) in [7, 11) is 1.61. The maximum Gasteiger partial charge on any atom is 0.220 e. The lowest BCUT2D eigenvalue weighted by Gasteiger charge is -2.28. The fourth-order valence-electron chi connectivity index (χ4n) is 7.22. The lowest BCUT2D eigenvalue weighted by Crippen LogP contribution is -2.38.